The molecule has 2 amide bonds. The Morgan fingerprint density at radius 3 is 2.31 bits per heavy atom. The molecule has 3 aromatic rings. The van der Waals surface area contributed by atoms with Crippen LogP contribution in [0.5, 0.6) is 11.8 Å². The van der Waals surface area contributed by atoms with E-state index in [2.05, 4.69) is 27.3 Å². The molecule has 10 nitrogen and oxygen atoms in total. The van der Waals surface area contributed by atoms with Gasteiger partial charge in [-0.25, -0.2) is 0 Å². The average Bonchev–Trinajstić information content (AvgIpc) is 3.30. The lowest BCUT2D eigenvalue weighted by Gasteiger charge is -2.33. The number of hydrogen-bond donors (Lipinski definition) is 1. The largest absolute Gasteiger partial charge is 0.481 e. The van der Waals surface area contributed by atoms with E-state index in [1.54, 1.807) is 22.7 Å². The molecule has 0 spiro atoms. The number of ether oxygens (including phenoxy) is 2. The smallest absolute Gasteiger partial charge is 0.291 e. The quantitative estimate of drug-likeness (QED) is 0.436. The van der Waals surface area contributed by atoms with Crippen molar-refractivity contribution in [2.45, 2.75) is 45.7 Å². The second-order valence-electron chi connectivity index (χ2n) is 8.49. The Bertz CT molecular complexity index is 1160. The lowest BCUT2D eigenvalue weighted by molar-refractivity contribution is 0.0687. The summed E-state index contributed by atoms with van der Waals surface area (Å²) in [4.78, 5) is 36.3. The predicted octanol–water partition coefficient (Wildman–Crippen LogP) is 3.08. The minimum absolute atomic E-state index is 0.0204. The van der Waals surface area contributed by atoms with Crippen molar-refractivity contribution in [2.75, 3.05) is 27.8 Å². The van der Waals surface area contributed by atoms with Gasteiger partial charge in [0.25, 0.3) is 11.8 Å². The van der Waals surface area contributed by atoms with Gasteiger partial charge in [0.2, 0.25) is 17.6 Å². The van der Waals surface area contributed by atoms with Crippen molar-refractivity contribution in [2.24, 2.45) is 0 Å². The number of aryl methyl sites for hydroxylation is 2. The lowest BCUT2D eigenvalue weighted by atomic mass is 9.90. The van der Waals surface area contributed by atoms with Crippen LogP contribution >= 0.6 is 0 Å². The van der Waals surface area contributed by atoms with Gasteiger partial charge >= 0.3 is 0 Å². The highest BCUT2D eigenvalue weighted by atomic mass is 16.5. The zero-order chi connectivity index (χ0) is 26.2. The molecule has 36 heavy (non-hydrogen) atoms. The third-order valence-electron chi connectivity index (χ3n) is 6.17. The van der Waals surface area contributed by atoms with Gasteiger partial charge in [-0.15, -0.1) is 0 Å². The van der Waals surface area contributed by atoms with Gasteiger partial charge < -0.3 is 19.7 Å². The molecule has 10 heteroatoms. The van der Waals surface area contributed by atoms with Crippen LogP contribution in [0.2, 0.25) is 0 Å². The maximum absolute atomic E-state index is 13.5. The molecule has 0 saturated heterocycles. The molecule has 2 atom stereocenters. The van der Waals surface area contributed by atoms with Gasteiger partial charge in [-0.3, -0.25) is 14.3 Å². The Hall–Kier alpha value is -3.95. The van der Waals surface area contributed by atoms with Crippen molar-refractivity contribution in [1.82, 2.24) is 30.0 Å². The van der Waals surface area contributed by atoms with E-state index < -0.39 is 0 Å². The van der Waals surface area contributed by atoms with E-state index >= 15 is 0 Å². The van der Waals surface area contributed by atoms with E-state index in [4.69, 9.17) is 9.47 Å². The number of aromatic nitrogens is 4. The van der Waals surface area contributed by atoms with E-state index in [1.165, 1.54) is 20.3 Å². The fourth-order valence-electron chi connectivity index (χ4n) is 4.17. The fourth-order valence-corrected chi connectivity index (χ4v) is 4.17. The summed E-state index contributed by atoms with van der Waals surface area (Å²) in [5.41, 5.74) is 2.39. The van der Waals surface area contributed by atoms with Crippen LogP contribution in [-0.2, 0) is 6.54 Å². The van der Waals surface area contributed by atoms with Gasteiger partial charge in [-0.2, -0.15) is 15.1 Å². The number of nitrogens with zero attached hydrogens (tertiary/aromatic N) is 5. The summed E-state index contributed by atoms with van der Waals surface area (Å²) < 4.78 is 12.1. The molecule has 0 bridgehead atoms. The van der Waals surface area contributed by atoms with Crippen LogP contribution in [0.4, 0.5) is 0 Å². The zero-order valence-electron chi connectivity index (χ0n) is 21.7. The van der Waals surface area contributed by atoms with Gasteiger partial charge in [0.1, 0.15) is 5.69 Å². The topological polar surface area (TPSA) is 111 Å². The van der Waals surface area contributed by atoms with Crippen molar-refractivity contribution in [1.29, 1.82) is 0 Å². The first-order valence-electron chi connectivity index (χ1n) is 11.9. The van der Waals surface area contributed by atoms with E-state index in [9.17, 15) is 9.59 Å². The normalized spacial score (nSPS) is 12.5. The number of amides is 2. The summed E-state index contributed by atoms with van der Waals surface area (Å²) in [5, 5.41) is 7.33. The average molecular weight is 495 g/mol. The van der Waals surface area contributed by atoms with Crippen LogP contribution in [0.15, 0.2) is 42.5 Å². The van der Waals surface area contributed by atoms with Crippen molar-refractivity contribution < 1.29 is 19.1 Å². The van der Waals surface area contributed by atoms with Crippen LogP contribution in [0.1, 0.15) is 58.6 Å². The zero-order valence-corrected chi connectivity index (χ0v) is 21.7. The summed E-state index contributed by atoms with van der Waals surface area (Å²) in [6, 6.07) is 13.0. The number of hydrogen-bond acceptors (Lipinski definition) is 7. The summed E-state index contributed by atoms with van der Waals surface area (Å²) in [5.74, 6) is -0.134. The number of carbonyl (C=O) groups excluding carboxylic acids is 2. The fraction of sp³-hybridized carbons (Fsp3) is 0.423. The minimum atomic E-state index is -0.369. The van der Waals surface area contributed by atoms with E-state index in [-0.39, 0.29) is 41.4 Å². The molecule has 1 aromatic carbocycles. The summed E-state index contributed by atoms with van der Waals surface area (Å²) >= 11 is 0. The second-order valence-corrected chi connectivity index (χ2v) is 8.49. The summed E-state index contributed by atoms with van der Waals surface area (Å²) in [6.07, 6.45) is 0.518. The molecular weight excluding hydrogens is 460 g/mol. The Morgan fingerprint density at radius 1 is 1.08 bits per heavy atom. The Morgan fingerprint density at radius 2 is 1.72 bits per heavy atom. The highest BCUT2D eigenvalue weighted by Gasteiger charge is 2.29. The van der Waals surface area contributed by atoms with Crippen LogP contribution in [0.3, 0.4) is 0 Å². The monoisotopic (exact) mass is 494 g/mol. The number of benzene rings is 1. The molecule has 0 saturated carbocycles. The van der Waals surface area contributed by atoms with Gasteiger partial charge in [0, 0.05) is 32.1 Å². The molecule has 2 aromatic heterocycles. The first kappa shape index (κ1) is 26.7. The molecule has 0 aliphatic heterocycles. The number of likely N-dealkylation sites (N-methyl/N-ethyl adjacent to an activating group) is 1. The third kappa shape index (κ3) is 6.18. The standard InChI is InChI=1S/C26H34N6O4/c1-7-32-21(15-17(2)30-32)25(33)27-14-13-20(18(3)19-11-9-8-10-12-19)31(4)26(34)24-28-22(35-5)16-23(29-24)36-6/h8-12,15-16,18,20H,7,13-14H2,1-6H3,(H,27,33)/t18-,20-/m1/s1. The molecule has 0 aliphatic carbocycles. The molecule has 1 N–H and O–H groups in total. The van der Waals surface area contributed by atoms with Gasteiger partial charge in [-0.05, 0) is 31.9 Å². The molecule has 0 unspecified atom stereocenters. The maximum Gasteiger partial charge on any atom is 0.291 e. The molecule has 3 rings (SSSR count). The third-order valence-corrected chi connectivity index (χ3v) is 6.17. The van der Waals surface area contributed by atoms with Gasteiger partial charge in [0.15, 0.2) is 0 Å². The molecular formula is C26H34N6O4. The van der Waals surface area contributed by atoms with Crippen LogP contribution in [0, 0.1) is 6.92 Å². The maximum atomic E-state index is 13.5. The van der Waals surface area contributed by atoms with Gasteiger partial charge in [-0.1, -0.05) is 37.3 Å². The molecule has 0 aliphatic rings. The number of nitrogens with one attached hydrogen (secondary N) is 1. The lowest BCUT2D eigenvalue weighted by Crippen LogP contribution is -2.43. The van der Waals surface area contributed by atoms with E-state index in [0.29, 0.717) is 25.2 Å². The molecule has 2 heterocycles. The Balaban J connectivity index is 1.82. The first-order chi connectivity index (χ1) is 17.3. The van der Waals surface area contributed by atoms with E-state index in [0.717, 1.165) is 11.3 Å². The predicted molar refractivity (Wildman–Crippen MR) is 135 cm³/mol. The molecule has 0 radical (unpaired) electrons. The first-order valence-corrected chi connectivity index (χ1v) is 11.9. The number of carbonyl (C=O) groups is 2. The number of rotatable bonds is 11. The molecule has 192 valence electrons. The summed E-state index contributed by atoms with van der Waals surface area (Å²) in [7, 11) is 4.66. The van der Waals surface area contributed by atoms with Crippen molar-refractivity contribution in [3.63, 3.8) is 0 Å². The highest BCUT2D eigenvalue weighted by molar-refractivity contribution is 5.92. The second kappa shape index (κ2) is 12.1. The number of methoxy groups -OCH3 is 2. The minimum Gasteiger partial charge on any atom is -0.481 e. The molecule has 0 fully saturated rings. The Labute approximate surface area is 211 Å². The van der Waals surface area contributed by atoms with Crippen molar-refractivity contribution in [3.05, 3.63) is 65.2 Å². The van der Waals surface area contributed by atoms with Gasteiger partial charge in [0.05, 0.1) is 26.0 Å². The highest BCUT2D eigenvalue weighted by Crippen LogP contribution is 2.26. The van der Waals surface area contributed by atoms with Crippen LogP contribution in [0.25, 0.3) is 0 Å². The van der Waals surface area contributed by atoms with Crippen molar-refractivity contribution >= 4 is 11.8 Å². The Kier molecular flexibility index (Phi) is 8.99. The van der Waals surface area contributed by atoms with E-state index in [1.807, 2.05) is 44.2 Å². The summed E-state index contributed by atoms with van der Waals surface area (Å²) in [6.45, 7) is 6.84. The SMILES string of the molecule is CCn1nc(C)cc1C(=O)NCC[C@H]([C@H](C)c1ccccc1)N(C)C(=O)c1nc(OC)cc(OC)n1. The van der Waals surface area contributed by atoms with Crippen molar-refractivity contribution in [3.8, 4) is 11.8 Å². The van der Waals surface area contributed by atoms with Crippen LogP contribution < -0.4 is 14.8 Å². The van der Waals surface area contributed by atoms with Crippen LogP contribution in [-0.4, -0.2) is 70.3 Å².